The van der Waals surface area contributed by atoms with Crippen LogP contribution in [0.2, 0.25) is 0 Å². The number of nitrogens with zero attached hydrogens (tertiary/aromatic N) is 4. The van der Waals surface area contributed by atoms with Gasteiger partial charge in [-0.3, -0.25) is 9.25 Å². The van der Waals surface area contributed by atoms with Crippen LogP contribution in [0.1, 0.15) is 29.7 Å². The number of hydrogen-bond acceptors (Lipinski definition) is 3. The SMILES string of the molecule is CCn1nc(C)c(Br)c1Cn1c(C)cc(C)nc1=O. The maximum absolute atomic E-state index is 12.0. The molecule has 0 amide bonds. The number of aryl methyl sites for hydroxylation is 4. The Morgan fingerprint density at radius 2 is 2.00 bits per heavy atom. The number of aromatic nitrogens is 4. The molecule has 2 aromatic heterocycles. The molecule has 5 nitrogen and oxygen atoms in total. The third-order valence-electron chi connectivity index (χ3n) is 3.11. The molecule has 0 atom stereocenters. The fourth-order valence-corrected chi connectivity index (χ4v) is 2.55. The Morgan fingerprint density at radius 3 is 2.58 bits per heavy atom. The first-order valence-corrected chi connectivity index (χ1v) is 7.00. The van der Waals surface area contributed by atoms with Crippen molar-refractivity contribution in [3.05, 3.63) is 43.8 Å². The lowest BCUT2D eigenvalue weighted by Crippen LogP contribution is -2.27. The van der Waals surface area contributed by atoms with E-state index >= 15 is 0 Å². The molecule has 0 unspecified atom stereocenters. The zero-order valence-electron chi connectivity index (χ0n) is 11.6. The highest BCUT2D eigenvalue weighted by molar-refractivity contribution is 9.10. The van der Waals surface area contributed by atoms with Gasteiger partial charge in [0.15, 0.2) is 0 Å². The lowest BCUT2D eigenvalue weighted by molar-refractivity contribution is 0.579. The Hall–Kier alpha value is -1.43. The second-order valence-electron chi connectivity index (χ2n) is 4.57. The van der Waals surface area contributed by atoms with Gasteiger partial charge in [-0.05, 0) is 49.7 Å². The minimum Gasteiger partial charge on any atom is -0.291 e. The Morgan fingerprint density at radius 1 is 1.32 bits per heavy atom. The van der Waals surface area contributed by atoms with Crippen molar-refractivity contribution in [3.8, 4) is 0 Å². The van der Waals surface area contributed by atoms with Gasteiger partial charge in [-0.1, -0.05) is 0 Å². The third-order valence-corrected chi connectivity index (χ3v) is 4.14. The first-order chi connectivity index (χ1) is 8.93. The van der Waals surface area contributed by atoms with E-state index in [-0.39, 0.29) is 5.69 Å². The van der Waals surface area contributed by atoms with Gasteiger partial charge in [0.05, 0.1) is 22.4 Å². The van der Waals surface area contributed by atoms with Crippen LogP contribution in [0.15, 0.2) is 15.3 Å². The second kappa shape index (κ2) is 5.28. The van der Waals surface area contributed by atoms with Crippen molar-refractivity contribution in [3.63, 3.8) is 0 Å². The predicted molar refractivity (Wildman–Crippen MR) is 77.4 cm³/mol. The van der Waals surface area contributed by atoms with Crippen LogP contribution in [0.5, 0.6) is 0 Å². The van der Waals surface area contributed by atoms with Crippen molar-refractivity contribution in [2.45, 2.75) is 40.8 Å². The highest BCUT2D eigenvalue weighted by Crippen LogP contribution is 2.21. The fourth-order valence-electron chi connectivity index (χ4n) is 2.14. The van der Waals surface area contributed by atoms with E-state index in [1.54, 1.807) is 4.57 Å². The van der Waals surface area contributed by atoms with Crippen LogP contribution in [-0.2, 0) is 13.1 Å². The molecule has 0 aliphatic rings. The molecule has 0 fully saturated rings. The van der Waals surface area contributed by atoms with Crippen LogP contribution >= 0.6 is 15.9 Å². The second-order valence-corrected chi connectivity index (χ2v) is 5.36. The van der Waals surface area contributed by atoms with Crippen LogP contribution in [-0.4, -0.2) is 19.3 Å². The van der Waals surface area contributed by atoms with Crippen molar-refractivity contribution in [1.82, 2.24) is 19.3 Å². The summed E-state index contributed by atoms with van der Waals surface area (Å²) in [5.41, 5.74) is 3.37. The monoisotopic (exact) mass is 324 g/mol. The average Bonchev–Trinajstić information content (AvgIpc) is 2.60. The van der Waals surface area contributed by atoms with Gasteiger partial charge < -0.3 is 0 Å². The molecule has 0 bridgehead atoms. The van der Waals surface area contributed by atoms with Gasteiger partial charge in [0, 0.05) is 17.9 Å². The Bertz CT molecular complexity index is 672. The fraction of sp³-hybridized carbons (Fsp3) is 0.462. The van der Waals surface area contributed by atoms with Crippen molar-refractivity contribution in [2.75, 3.05) is 0 Å². The van der Waals surface area contributed by atoms with E-state index < -0.39 is 0 Å². The van der Waals surface area contributed by atoms with Gasteiger partial charge in [0.2, 0.25) is 0 Å². The quantitative estimate of drug-likeness (QED) is 0.869. The van der Waals surface area contributed by atoms with Gasteiger partial charge in [0.25, 0.3) is 0 Å². The topological polar surface area (TPSA) is 52.7 Å². The third kappa shape index (κ3) is 2.63. The zero-order chi connectivity index (χ0) is 14.2. The summed E-state index contributed by atoms with van der Waals surface area (Å²) in [4.78, 5) is 16.0. The van der Waals surface area contributed by atoms with E-state index in [0.29, 0.717) is 6.54 Å². The zero-order valence-corrected chi connectivity index (χ0v) is 13.2. The summed E-state index contributed by atoms with van der Waals surface area (Å²) in [6, 6.07) is 1.91. The summed E-state index contributed by atoms with van der Waals surface area (Å²) in [6.45, 7) is 8.98. The molecule has 2 rings (SSSR count). The van der Waals surface area contributed by atoms with Gasteiger partial charge in [-0.25, -0.2) is 4.79 Å². The van der Waals surface area contributed by atoms with Gasteiger partial charge >= 0.3 is 5.69 Å². The standard InChI is InChI=1S/C13H17BrN4O/c1-5-18-11(12(14)10(4)16-18)7-17-9(3)6-8(2)15-13(17)19/h6H,5,7H2,1-4H3. The van der Waals surface area contributed by atoms with E-state index in [9.17, 15) is 4.79 Å². The van der Waals surface area contributed by atoms with E-state index in [1.807, 2.05) is 38.4 Å². The lowest BCUT2D eigenvalue weighted by Gasteiger charge is -2.11. The minimum atomic E-state index is -0.217. The molecule has 0 radical (unpaired) electrons. The maximum atomic E-state index is 12.0. The molecule has 0 aliphatic heterocycles. The molecule has 0 aromatic carbocycles. The number of hydrogen-bond donors (Lipinski definition) is 0. The van der Waals surface area contributed by atoms with Gasteiger partial charge in [0.1, 0.15) is 0 Å². The van der Waals surface area contributed by atoms with Crippen LogP contribution < -0.4 is 5.69 Å². The highest BCUT2D eigenvalue weighted by atomic mass is 79.9. The first kappa shape index (κ1) is 14.0. The summed E-state index contributed by atoms with van der Waals surface area (Å²) < 4.78 is 4.53. The normalized spacial score (nSPS) is 11.0. The molecular formula is C13H17BrN4O. The molecule has 0 spiro atoms. The molecule has 0 aliphatic carbocycles. The largest absolute Gasteiger partial charge is 0.348 e. The van der Waals surface area contributed by atoms with Crippen molar-refractivity contribution in [1.29, 1.82) is 0 Å². The summed E-state index contributed by atoms with van der Waals surface area (Å²) in [6.07, 6.45) is 0. The van der Waals surface area contributed by atoms with Crippen LogP contribution in [0, 0.1) is 20.8 Å². The van der Waals surface area contributed by atoms with Crippen LogP contribution in [0.25, 0.3) is 0 Å². The van der Waals surface area contributed by atoms with E-state index in [2.05, 4.69) is 26.0 Å². The van der Waals surface area contributed by atoms with Crippen molar-refractivity contribution < 1.29 is 0 Å². The van der Waals surface area contributed by atoms with E-state index in [1.165, 1.54) is 0 Å². The number of rotatable bonds is 3. The maximum Gasteiger partial charge on any atom is 0.348 e. The van der Waals surface area contributed by atoms with Gasteiger partial charge in [-0.2, -0.15) is 10.1 Å². The summed E-state index contributed by atoms with van der Waals surface area (Å²) in [5.74, 6) is 0. The van der Waals surface area contributed by atoms with E-state index in [0.717, 1.165) is 33.8 Å². The summed E-state index contributed by atoms with van der Waals surface area (Å²) in [7, 11) is 0. The molecule has 6 heteroatoms. The van der Waals surface area contributed by atoms with E-state index in [4.69, 9.17) is 0 Å². The Kier molecular flexibility index (Phi) is 3.89. The predicted octanol–water partition coefficient (Wildman–Crippen LogP) is 2.20. The van der Waals surface area contributed by atoms with Crippen LogP contribution in [0.4, 0.5) is 0 Å². The molecule has 102 valence electrons. The molecular weight excluding hydrogens is 308 g/mol. The Labute approximate surface area is 120 Å². The average molecular weight is 325 g/mol. The molecule has 2 aromatic rings. The minimum absolute atomic E-state index is 0.217. The lowest BCUT2D eigenvalue weighted by atomic mass is 10.3. The molecule has 0 saturated heterocycles. The first-order valence-electron chi connectivity index (χ1n) is 6.21. The highest BCUT2D eigenvalue weighted by Gasteiger charge is 2.14. The molecule has 19 heavy (non-hydrogen) atoms. The molecule has 2 heterocycles. The smallest absolute Gasteiger partial charge is 0.291 e. The summed E-state index contributed by atoms with van der Waals surface area (Å²) >= 11 is 3.54. The summed E-state index contributed by atoms with van der Waals surface area (Å²) in [5, 5.41) is 4.44. The molecule has 0 saturated carbocycles. The van der Waals surface area contributed by atoms with Gasteiger partial charge in [-0.15, -0.1) is 0 Å². The van der Waals surface area contributed by atoms with Crippen molar-refractivity contribution in [2.24, 2.45) is 0 Å². The Balaban J connectivity index is 2.50. The number of halogens is 1. The van der Waals surface area contributed by atoms with Crippen LogP contribution in [0.3, 0.4) is 0 Å². The van der Waals surface area contributed by atoms with Crippen molar-refractivity contribution >= 4 is 15.9 Å². The molecule has 0 N–H and O–H groups in total.